The number of rotatable bonds is 6. The Labute approximate surface area is 123 Å². The standard InChI is InChI=1S/C15H18N2O2S/c1-17(8-7-14-4-3-9-20-14)11-13-6-5-12(10-16-13)15(18)19-2/h3-6,9-10H,7-8,11H2,1-2H3. The van der Waals surface area contributed by atoms with E-state index in [2.05, 4.69) is 39.2 Å². The summed E-state index contributed by atoms with van der Waals surface area (Å²) >= 11 is 1.79. The lowest BCUT2D eigenvalue weighted by molar-refractivity contribution is 0.0600. The minimum absolute atomic E-state index is 0.352. The Morgan fingerprint density at radius 2 is 2.25 bits per heavy atom. The van der Waals surface area contributed by atoms with Gasteiger partial charge in [0.2, 0.25) is 0 Å². The van der Waals surface area contributed by atoms with Crippen LogP contribution in [0.2, 0.25) is 0 Å². The number of methoxy groups -OCH3 is 1. The van der Waals surface area contributed by atoms with Crippen LogP contribution in [-0.2, 0) is 17.7 Å². The van der Waals surface area contributed by atoms with Crippen LogP contribution in [0.15, 0.2) is 35.8 Å². The normalized spacial score (nSPS) is 10.8. The molecule has 4 nitrogen and oxygen atoms in total. The topological polar surface area (TPSA) is 42.4 Å². The lowest BCUT2D eigenvalue weighted by Crippen LogP contribution is -2.21. The van der Waals surface area contributed by atoms with E-state index in [0.717, 1.165) is 25.2 Å². The molecule has 20 heavy (non-hydrogen) atoms. The molecule has 2 aromatic rings. The Morgan fingerprint density at radius 1 is 1.40 bits per heavy atom. The molecule has 0 spiro atoms. The van der Waals surface area contributed by atoms with E-state index in [-0.39, 0.29) is 5.97 Å². The maximum Gasteiger partial charge on any atom is 0.339 e. The van der Waals surface area contributed by atoms with Gasteiger partial charge in [0.05, 0.1) is 18.4 Å². The van der Waals surface area contributed by atoms with Gasteiger partial charge in [-0.1, -0.05) is 6.07 Å². The van der Waals surface area contributed by atoms with E-state index < -0.39 is 0 Å². The van der Waals surface area contributed by atoms with E-state index >= 15 is 0 Å². The van der Waals surface area contributed by atoms with E-state index in [1.165, 1.54) is 12.0 Å². The molecular weight excluding hydrogens is 272 g/mol. The van der Waals surface area contributed by atoms with Crippen LogP contribution in [0.3, 0.4) is 0 Å². The number of pyridine rings is 1. The average molecular weight is 290 g/mol. The third kappa shape index (κ3) is 4.15. The van der Waals surface area contributed by atoms with Gasteiger partial charge < -0.3 is 9.64 Å². The first-order chi connectivity index (χ1) is 9.69. The maximum atomic E-state index is 11.3. The quantitative estimate of drug-likeness (QED) is 0.767. The SMILES string of the molecule is COC(=O)c1ccc(CN(C)CCc2cccs2)nc1. The van der Waals surface area contributed by atoms with Gasteiger partial charge in [-0.05, 0) is 37.0 Å². The Hall–Kier alpha value is -1.72. The highest BCUT2D eigenvalue weighted by Gasteiger charge is 2.07. The number of hydrogen-bond acceptors (Lipinski definition) is 5. The summed E-state index contributed by atoms with van der Waals surface area (Å²) in [4.78, 5) is 19.2. The first-order valence-corrected chi connectivity index (χ1v) is 7.31. The minimum Gasteiger partial charge on any atom is -0.465 e. The van der Waals surface area contributed by atoms with Crippen LogP contribution in [0.5, 0.6) is 0 Å². The highest BCUT2D eigenvalue weighted by atomic mass is 32.1. The van der Waals surface area contributed by atoms with Crippen molar-refractivity contribution in [3.63, 3.8) is 0 Å². The molecule has 2 rings (SSSR count). The molecule has 0 aliphatic heterocycles. The fourth-order valence-electron chi connectivity index (χ4n) is 1.87. The van der Waals surface area contributed by atoms with Crippen molar-refractivity contribution in [3.05, 3.63) is 52.0 Å². The Kier molecular flexibility index (Phi) is 5.26. The molecule has 0 aliphatic carbocycles. The van der Waals surface area contributed by atoms with Crippen LogP contribution in [0, 0.1) is 0 Å². The van der Waals surface area contributed by atoms with Crippen LogP contribution < -0.4 is 0 Å². The summed E-state index contributed by atoms with van der Waals surface area (Å²) in [5, 5.41) is 2.10. The molecule has 5 heteroatoms. The summed E-state index contributed by atoms with van der Waals surface area (Å²) < 4.78 is 4.65. The molecule has 0 aliphatic rings. The first kappa shape index (κ1) is 14.7. The van der Waals surface area contributed by atoms with E-state index in [9.17, 15) is 4.79 Å². The van der Waals surface area contributed by atoms with Crippen molar-refractivity contribution in [1.82, 2.24) is 9.88 Å². The molecular formula is C15H18N2O2S. The van der Waals surface area contributed by atoms with Crippen LogP contribution in [-0.4, -0.2) is 36.6 Å². The van der Waals surface area contributed by atoms with Gasteiger partial charge in [-0.25, -0.2) is 4.79 Å². The third-order valence-corrected chi connectivity index (χ3v) is 3.93. The lowest BCUT2D eigenvalue weighted by atomic mass is 10.2. The molecule has 0 unspecified atom stereocenters. The van der Waals surface area contributed by atoms with Crippen molar-refractivity contribution in [1.29, 1.82) is 0 Å². The number of aromatic nitrogens is 1. The summed E-state index contributed by atoms with van der Waals surface area (Å²) in [6.07, 6.45) is 2.61. The van der Waals surface area contributed by atoms with E-state index in [1.807, 2.05) is 6.07 Å². The average Bonchev–Trinajstić information content (AvgIpc) is 2.98. The van der Waals surface area contributed by atoms with Crippen molar-refractivity contribution in [2.75, 3.05) is 20.7 Å². The molecule has 2 aromatic heterocycles. The fourth-order valence-corrected chi connectivity index (χ4v) is 2.57. The van der Waals surface area contributed by atoms with Gasteiger partial charge in [-0.15, -0.1) is 11.3 Å². The molecule has 0 saturated heterocycles. The van der Waals surface area contributed by atoms with Gasteiger partial charge in [0.15, 0.2) is 0 Å². The lowest BCUT2D eigenvalue weighted by Gasteiger charge is -2.15. The largest absolute Gasteiger partial charge is 0.465 e. The molecule has 0 aromatic carbocycles. The smallest absolute Gasteiger partial charge is 0.339 e. The number of ether oxygens (including phenoxy) is 1. The number of nitrogens with zero attached hydrogens (tertiary/aromatic N) is 2. The van der Waals surface area contributed by atoms with Crippen LogP contribution in [0.1, 0.15) is 20.9 Å². The zero-order chi connectivity index (χ0) is 14.4. The highest BCUT2D eigenvalue weighted by Crippen LogP contribution is 2.10. The van der Waals surface area contributed by atoms with Crippen LogP contribution in [0.4, 0.5) is 0 Å². The molecule has 2 heterocycles. The number of carbonyl (C=O) groups excluding carboxylic acids is 1. The van der Waals surface area contributed by atoms with Crippen molar-refractivity contribution < 1.29 is 9.53 Å². The molecule has 0 fully saturated rings. The van der Waals surface area contributed by atoms with Gasteiger partial charge in [-0.2, -0.15) is 0 Å². The number of esters is 1. The number of hydrogen-bond donors (Lipinski definition) is 0. The molecule has 106 valence electrons. The van der Waals surface area contributed by atoms with Gasteiger partial charge in [0.1, 0.15) is 0 Å². The summed E-state index contributed by atoms with van der Waals surface area (Å²) in [5.41, 5.74) is 1.43. The fraction of sp³-hybridized carbons (Fsp3) is 0.333. The van der Waals surface area contributed by atoms with Gasteiger partial charge in [0, 0.05) is 24.2 Å². The predicted octanol–water partition coefficient (Wildman–Crippen LogP) is 2.60. The second-order valence-electron chi connectivity index (χ2n) is 4.60. The summed E-state index contributed by atoms with van der Waals surface area (Å²) in [5.74, 6) is -0.352. The van der Waals surface area contributed by atoms with E-state index in [0.29, 0.717) is 5.56 Å². The second-order valence-corrected chi connectivity index (χ2v) is 5.63. The number of carbonyl (C=O) groups is 1. The summed E-state index contributed by atoms with van der Waals surface area (Å²) in [6, 6.07) is 7.85. The summed E-state index contributed by atoms with van der Waals surface area (Å²) in [7, 11) is 3.44. The van der Waals surface area contributed by atoms with Crippen molar-refractivity contribution in [2.24, 2.45) is 0 Å². The Balaban J connectivity index is 1.84. The third-order valence-electron chi connectivity index (χ3n) is 3.00. The molecule has 0 N–H and O–H groups in total. The monoisotopic (exact) mass is 290 g/mol. The van der Waals surface area contributed by atoms with Crippen molar-refractivity contribution in [3.8, 4) is 0 Å². The molecule has 0 amide bonds. The van der Waals surface area contributed by atoms with Crippen LogP contribution >= 0.6 is 11.3 Å². The number of likely N-dealkylation sites (N-methyl/N-ethyl adjacent to an activating group) is 1. The second kappa shape index (κ2) is 7.17. The van der Waals surface area contributed by atoms with Gasteiger partial charge >= 0.3 is 5.97 Å². The first-order valence-electron chi connectivity index (χ1n) is 6.43. The predicted molar refractivity (Wildman–Crippen MR) is 79.9 cm³/mol. The zero-order valence-electron chi connectivity index (χ0n) is 11.7. The molecule has 0 saturated carbocycles. The number of thiophene rings is 1. The van der Waals surface area contributed by atoms with Crippen LogP contribution in [0.25, 0.3) is 0 Å². The van der Waals surface area contributed by atoms with Crippen molar-refractivity contribution >= 4 is 17.3 Å². The zero-order valence-corrected chi connectivity index (χ0v) is 12.5. The minimum atomic E-state index is -0.352. The Bertz CT molecular complexity index is 538. The summed E-state index contributed by atoms with van der Waals surface area (Å²) in [6.45, 7) is 1.76. The van der Waals surface area contributed by atoms with E-state index in [1.54, 1.807) is 23.6 Å². The molecule has 0 radical (unpaired) electrons. The van der Waals surface area contributed by atoms with E-state index in [4.69, 9.17) is 0 Å². The highest BCUT2D eigenvalue weighted by molar-refractivity contribution is 7.09. The maximum absolute atomic E-state index is 11.3. The van der Waals surface area contributed by atoms with Crippen molar-refractivity contribution in [2.45, 2.75) is 13.0 Å². The molecule has 0 atom stereocenters. The van der Waals surface area contributed by atoms with Gasteiger partial charge in [-0.3, -0.25) is 4.98 Å². The van der Waals surface area contributed by atoms with Gasteiger partial charge in [0.25, 0.3) is 0 Å². The molecule has 0 bridgehead atoms. The Morgan fingerprint density at radius 3 is 2.85 bits per heavy atom.